The summed E-state index contributed by atoms with van der Waals surface area (Å²) in [6.45, 7) is 5.32. The van der Waals surface area contributed by atoms with Crippen molar-refractivity contribution in [1.29, 1.82) is 0 Å². The van der Waals surface area contributed by atoms with Gasteiger partial charge in [-0.1, -0.05) is 42.5 Å². The van der Waals surface area contributed by atoms with Crippen LogP contribution in [-0.4, -0.2) is 15.5 Å². The van der Waals surface area contributed by atoms with Crippen LogP contribution >= 0.6 is 11.3 Å². The molecule has 2 heterocycles. The Morgan fingerprint density at radius 1 is 1.06 bits per heavy atom. The molecule has 0 aliphatic rings. The fraction of sp³-hybridized carbons (Fsp3) is 0.200. The van der Waals surface area contributed by atoms with E-state index in [1.165, 1.54) is 23.5 Å². The molecule has 1 N–H and O–H groups in total. The van der Waals surface area contributed by atoms with E-state index in [1.54, 1.807) is 0 Å². The number of aromatic nitrogens is 2. The van der Waals surface area contributed by atoms with E-state index < -0.39 is 0 Å². The summed E-state index contributed by atoms with van der Waals surface area (Å²) < 4.78 is 15.4. The maximum absolute atomic E-state index is 13.2. The van der Waals surface area contributed by atoms with Crippen molar-refractivity contribution >= 4 is 17.2 Å². The molecule has 0 bridgehead atoms. The van der Waals surface area contributed by atoms with Crippen molar-refractivity contribution in [2.75, 3.05) is 0 Å². The molecule has 0 aliphatic heterocycles. The minimum atomic E-state index is -0.229. The van der Waals surface area contributed by atoms with E-state index in [0.29, 0.717) is 13.1 Å². The molecule has 0 radical (unpaired) electrons. The Morgan fingerprint density at radius 3 is 2.55 bits per heavy atom. The molecule has 4 aromatic rings. The Kier molecular flexibility index (Phi) is 6.28. The molecule has 0 atom stereocenters. The van der Waals surface area contributed by atoms with Crippen LogP contribution in [0.5, 0.6) is 0 Å². The second-order valence-electron chi connectivity index (χ2n) is 7.56. The fourth-order valence-electron chi connectivity index (χ4n) is 3.59. The number of benzene rings is 2. The van der Waals surface area contributed by atoms with Gasteiger partial charge in [0.2, 0.25) is 5.91 Å². The lowest BCUT2D eigenvalue weighted by molar-refractivity contribution is -0.120. The first-order chi connectivity index (χ1) is 15.0. The van der Waals surface area contributed by atoms with Crippen molar-refractivity contribution in [3.05, 3.63) is 99.4 Å². The first-order valence-corrected chi connectivity index (χ1v) is 11.0. The van der Waals surface area contributed by atoms with Crippen molar-refractivity contribution in [3.63, 3.8) is 0 Å². The van der Waals surface area contributed by atoms with Crippen molar-refractivity contribution < 1.29 is 9.18 Å². The van der Waals surface area contributed by atoms with Gasteiger partial charge < -0.3 is 9.88 Å². The molecule has 1 amide bonds. The van der Waals surface area contributed by atoms with Gasteiger partial charge in [0.25, 0.3) is 0 Å². The maximum atomic E-state index is 13.2. The quantitative estimate of drug-likeness (QED) is 0.431. The standard InChI is InChI=1S/C25H24FN3OS/c1-17-12-22(18(2)29(17)15-20-8-10-21(26)11-9-20)23-16-31-25(28-23)13-24(30)27-14-19-6-4-3-5-7-19/h3-12,16H,13-15H2,1-2H3,(H,27,30). The molecular weight excluding hydrogens is 409 g/mol. The van der Waals surface area contributed by atoms with Gasteiger partial charge >= 0.3 is 0 Å². The van der Waals surface area contributed by atoms with Gasteiger partial charge in [0, 0.05) is 35.4 Å². The molecular formula is C25H24FN3OS. The van der Waals surface area contributed by atoms with Crippen LogP contribution in [0.15, 0.2) is 66.0 Å². The number of carbonyl (C=O) groups excluding carboxylic acids is 1. The zero-order valence-corrected chi connectivity index (χ0v) is 18.4. The van der Waals surface area contributed by atoms with E-state index in [2.05, 4.69) is 29.8 Å². The number of thiazole rings is 1. The summed E-state index contributed by atoms with van der Waals surface area (Å²) in [6, 6.07) is 18.6. The Bertz CT molecular complexity index is 1180. The molecule has 2 aromatic heterocycles. The number of halogens is 1. The lowest BCUT2D eigenvalue weighted by Gasteiger charge is -2.10. The van der Waals surface area contributed by atoms with E-state index in [4.69, 9.17) is 4.98 Å². The number of carbonyl (C=O) groups is 1. The van der Waals surface area contributed by atoms with Crippen LogP contribution in [0.4, 0.5) is 4.39 Å². The predicted molar refractivity (Wildman–Crippen MR) is 123 cm³/mol. The normalized spacial score (nSPS) is 10.9. The van der Waals surface area contributed by atoms with Crippen LogP contribution in [0, 0.1) is 19.7 Å². The molecule has 2 aromatic carbocycles. The third-order valence-electron chi connectivity index (χ3n) is 5.30. The SMILES string of the molecule is Cc1cc(-c2csc(CC(=O)NCc3ccccc3)n2)c(C)n1Cc1ccc(F)cc1. The predicted octanol–water partition coefficient (Wildman–Crippen LogP) is 5.27. The minimum absolute atomic E-state index is 0.0356. The van der Waals surface area contributed by atoms with Crippen molar-refractivity contribution in [2.45, 2.75) is 33.4 Å². The highest BCUT2D eigenvalue weighted by Crippen LogP contribution is 2.29. The monoisotopic (exact) mass is 433 g/mol. The Morgan fingerprint density at radius 2 is 1.81 bits per heavy atom. The molecule has 0 saturated carbocycles. The van der Waals surface area contributed by atoms with Gasteiger partial charge in [-0.2, -0.15) is 0 Å². The second-order valence-corrected chi connectivity index (χ2v) is 8.51. The average Bonchev–Trinajstić information content (AvgIpc) is 3.34. The molecule has 0 fully saturated rings. The summed E-state index contributed by atoms with van der Waals surface area (Å²) in [6.07, 6.45) is 0.270. The summed E-state index contributed by atoms with van der Waals surface area (Å²) in [4.78, 5) is 17.0. The van der Waals surface area contributed by atoms with Crippen LogP contribution in [-0.2, 0) is 24.3 Å². The first kappa shape index (κ1) is 21.0. The van der Waals surface area contributed by atoms with Crippen molar-refractivity contribution in [2.24, 2.45) is 0 Å². The van der Waals surface area contributed by atoms with E-state index in [0.717, 1.165) is 38.8 Å². The summed E-state index contributed by atoms with van der Waals surface area (Å²) in [7, 11) is 0. The number of aryl methyl sites for hydroxylation is 1. The van der Waals surface area contributed by atoms with Crippen LogP contribution < -0.4 is 5.32 Å². The van der Waals surface area contributed by atoms with Crippen LogP contribution in [0.25, 0.3) is 11.3 Å². The van der Waals surface area contributed by atoms with Gasteiger partial charge in [-0.05, 0) is 43.2 Å². The van der Waals surface area contributed by atoms with Gasteiger partial charge in [-0.3, -0.25) is 4.79 Å². The third kappa shape index (κ3) is 5.09. The smallest absolute Gasteiger partial charge is 0.227 e. The van der Waals surface area contributed by atoms with Gasteiger partial charge in [0.05, 0.1) is 12.1 Å². The highest BCUT2D eigenvalue weighted by atomic mass is 32.1. The van der Waals surface area contributed by atoms with Crippen molar-refractivity contribution in [3.8, 4) is 11.3 Å². The molecule has 158 valence electrons. The van der Waals surface area contributed by atoms with Gasteiger partial charge in [0.15, 0.2) is 0 Å². The zero-order valence-electron chi connectivity index (χ0n) is 17.6. The number of rotatable bonds is 7. The van der Waals surface area contributed by atoms with Crippen LogP contribution in [0.3, 0.4) is 0 Å². The van der Waals surface area contributed by atoms with Crippen LogP contribution in [0.2, 0.25) is 0 Å². The lowest BCUT2D eigenvalue weighted by atomic mass is 10.2. The molecule has 31 heavy (non-hydrogen) atoms. The van der Waals surface area contributed by atoms with E-state index >= 15 is 0 Å². The lowest BCUT2D eigenvalue weighted by Crippen LogP contribution is -2.24. The number of nitrogens with zero attached hydrogens (tertiary/aromatic N) is 2. The maximum Gasteiger partial charge on any atom is 0.227 e. The van der Waals surface area contributed by atoms with Crippen molar-refractivity contribution in [1.82, 2.24) is 14.9 Å². The Hall–Kier alpha value is -3.25. The number of nitrogens with one attached hydrogen (secondary N) is 1. The summed E-state index contributed by atoms with van der Waals surface area (Å²) in [5, 5.41) is 5.75. The van der Waals surface area contributed by atoms with E-state index in [-0.39, 0.29) is 18.1 Å². The number of amides is 1. The third-order valence-corrected chi connectivity index (χ3v) is 6.15. The molecule has 0 aliphatic carbocycles. The highest BCUT2D eigenvalue weighted by molar-refractivity contribution is 7.10. The molecule has 0 spiro atoms. The molecule has 0 unspecified atom stereocenters. The number of hydrogen-bond donors (Lipinski definition) is 1. The topological polar surface area (TPSA) is 46.9 Å². The number of hydrogen-bond acceptors (Lipinski definition) is 3. The Labute approximate surface area is 185 Å². The van der Waals surface area contributed by atoms with E-state index in [1.807, 2.05) is 47.8 Å². The minimum Gasteiger partial charge on any atom is -0.352 e. The van der Waals surface area contributed by atoms with E-state index in [9.17, 15) is 9.18 Å². The fourth-order valence-corrected chi connectivity index (χ4v) is 4.38. The molecule has 0 saturated heterocycles. The largest absolute Gasteiger partial charge is 0.352 e. The summed E-state index contributed by atoms with van der Waals surface area (Å²) in [5.74, 6) is -0.264. The molecule has 6 heteroatoms. The summed E-state index contributed by atoms with van der Waals surface area (Å²) in [5.41, 5.74) is 6.29. The zero-order chi connectivity index (χ0) is 21.8. The van der Waals surface area contributed by atoms with Crippen LogP contribution in [0.1, 0.15) is 27.5 Å². The summed E-state index contributed by atoms with van der Waals surface area (Å²) >= 11 is 1.50. The average molecular weight is 434 g/mol. The second kappa shape index (κ2) is 9.27. The van der Waals surface area contributed by atoms with Gasteiger partial charge in [0.1, 0.15) is 10.8 Å². The first-order valence-electron chi connectivity index (χ1n) is 10.2. The highest BCUT2D eigenvalue weighted by Gasteiger charge is 2.15. The molecule has 4 nitrogen and oxygen atoms in total. The molecule has 4 rings (SSSR count). The van der Waals surface area contributed by atoms with Gasteiger partial charge in [-0.15, -0.1) is 11.3 Å². The van der Waals surface area contributed by atoms with Gasteiger partial charge in [-0.25, -0.2) is 9.37 Å². The Balaban J connectivity index is 1.43.